The van der Waals surface area contributed by atoms with E-state index in [-0.39, 0.29) is 0 Å². The molecule has 2 aromatic rings. The van der Waals surface area contributed by atoms with Gasteiger partial charge in [0, 0.05) is 5.69 Å². The molecular formula is C19H22N2O2. The Morgan fingerprint density at radius 2 is 1.83 bits per heavy atom. The maximum Gasteiger partial charge on any atom is 0.248 e. The van der Waals surface area contributed by atoms with Gasteiger partial charge in [-0.15, -0.1) is 0 Å². The normalized spacial score (nSPS) is 21.3. The van der Waals surface area contributed by atoms with E-state index in [0.717, 1.165) is 29.7 Å². The minimum atomic E-state index is -1.02. The molecule has 4 heteroatoms. The smallest absolute Gasteiger partial charge is 0.248 e. The molecule has 0 spiro atoms. The number of aliphatic hydroxyl groups excluding tert-OH is 1. The van der Waals surface area contributed by atoms with E-state index in [4.69, 9.17) is 5.73 Å². The van der Waals surface area contributed by atoms with Gasteiger partial charge < -0.3 is 15.7 Å². The largest absolute Gasteiger partial charge is 0.374 e. The van der Waals surface area contributed by atoms with E-state index in [0.29, 0.717) is 6.42 Å². The number of carbonyl (C=O) groups excluding carboxylic acids is 1. The van der Waals surface area contributed by atoms with E-state index >= 15 is 0 Å². The number of benzene rings is 2. The van der Waals surface area contributed by atoms with Crippen molar-refractivity contribution in [2.24, 2.45) is 5.73 Å². The summed E-state index contributed by atoms with van der Waals surface area (Å²) in [5, 5.41) is 10.5. The number of nitrogens with zero attached hydrogens (tertiary/aromatic N) is 1. The Labute approximate surface area is 136 Å². The van der Waals surface area contributed by atoms with E-state index in [1.807, 2.05) is 54.6 Å². The number of carbonyl (C=O) groups is 1. The molecule has 3 N–H and O–H groups in total. The van der Waals surface area contributed by atoms with Crippen LogP contribution in [-0.4, -0.2) is 17.2 Å². The number of para-hydroxylation sites is 1. The van der Waals surface area contributed by atoms with E-state index in [1.165, 1.54) is 0 Å². The van der Waals surface area contributed by atoms with Crippen LogP contribution in [-0.2, 0) is 16.8 Å². The highest BCUT2D eigenvalue weighted by atomic mass is 16.3. The van der Waals surface area contributed by atoms with Crippen molar-refractivity contribution >= 4 is 11.6 Å². The van der Waals surface area contributed by atoms with Gasteiger partial charge in [-0.3, -0.25) is 4.79 Å². The maximum absolute atomic E-state index is 12.6. The van der Waals surface area contributed by atoms with Crippen molar-refractivity contribution in [2.75, 3.05) is 4.90 Å². The highest BCUT2D eigenvalue weighted by Crippen LogP contribution is 2.43. The number of anilines is 1. The van der Waals surface area contributed by atoms with Gasteiger partial charge in [0.1, 0.15) is 11.8 Å². The van der Waals surface area contributed by atoms with Crippen molar-refractivity contribution in [3.63, 3.8) is 0 Å². The fraction of sp³-hybridized carbons (Fsp3) is 0.316. The Balaban J connectivity index is 2.24. The Kier molecular flexibility index (Phi) is 4.09. The van der Waals surface area contributed by atoms with Crippen molar-refractivity contribution in [3.05, 3.63) is 65.7 Å². The van der Waals surface area contributed by atoms with Gasteiger partial charge in [0.15, 0.2) is 0 Å². The number of aryl methyl sites for hydroxylation is 1. The van der Waals surface area contributed by atoms with Gasteiger partial charge in [-0.05, 0) is 49.4 Å². The molecule has 0 bridgehead atoms. The van der Waals surface area contributed by atoms with Crippen molar-refractivity contribution < 1.29 is 9.90 Å². The second kappa shape index (κ2) is 6.05. The maximum atomic E-state index is 12.6. The summed E-state index contributed by atoms with van der Waals surface area (Å²) in [6.45, 7) is 1.68. The van der Waals surface area contributed by atoms with Gasteiger partial charge >= 0.3 is 0 Å². The Morgan fingerprint density at radius 3 is 2.48 bits per heavy atom. The van der Waals surface area contributed by atoms with Crippen LogP contribution in [0.4, 0.5) is 5.69 Å². The summed E-state index contributed by atoms with van der Waals surface area (Å²) in [5.41, 5.74) is 7.70. The molecule has 0 saturated carbocycles. The monoisotopic (exact) mass is 310 g/mol. The highest BCUT2D eigenvalue weighted by molar-refractivity contribution is 5.91. The lowest BCUT2D eigenvalue weighted by molar-refractivity contribution is -0.125. The summed E-state index contributed by atoms with van der Waals surface area (Å²) in [6, 6.07) is 17.4. The zero-order valence-electron chi connectivity index (χ0n) is 13.3. The summed E-state index contributed by atoms with van der Waals surface area (Å²) in [5.74, 6) is -0.422. The lowest BCUT2D eigenvalue weighted by atomic mass is 9.74. The van der Waals surface area contributed by atoms with Gasteiger partial charge in [-0.1, -0.05) is 42.5 Å². The topological polar surface area (TPSA) is 66.6 Å². The molecule has 3 rings (SSSR count). The number of rotatable bonds is 4. The van der Waals surface area contributed by atoms with E-state index in [2.05, 4.69) is 0 Å². The minimum Gasteiger partial charge on any atom is -0.374 e. The lowest BCUT2D eigenvalue weighted by Gasteiger charge is -2.47. The first kappa shape index (κ1) is 15.6. The Bertz CT molecular complexity index is 700. The summed E-state index contributed by atoms with van der Waals surface area (Å²) in [4.78, 5) is 14.4. The van der Waals surface area contributed by atoms with Crippen LogP contribution in [0, 0.1) is 0 Å². The van der Waals surface area contributed by atoms with Gasteiger partial charge in [-0.2, -0.15) is 0 Å². The van der Waals surface area contributed by atoms with E-state index in [1.54, 1.807) is 11.8 Å². The molecule has 2 unspecified atom stereocenters. The van der Waals surface area contributed by atoms with Gasteiger partial charge in [0.2, 0.25) is 5.91 Å². The van der Waals surface area contributed by atoms with Crippen molar-refractivity contribution in [1.82, 2.24) is 0 Å². The molecule has 0 aromatic heterocycles. The Hall–Kier alpha value is -2.33. The number of fused-ring (bicyclic) bond motifs is 1. The van der Waals surface area contributed by atoms with Crippen LogP contribution in [0.2, 0.25) is 0 Å². The van der Waals surface area contributed by atoms with Crippen LogP contribution >= 0.6 is 0 Å². The standard InChI is InChI=1S/C19H22N2O2/c1-14(22)21(16-10-3-2-4-11-16)19(18(20)23)13-7-9-15-8-5-6-12-17(15)19/h2-6,8,10-12,14,22H,7,9,13H2,1H3,(H2,20,23). The molecule has 0 heterocycles. The van der Waals surface area contributed by atoms with Crippen LogP contribution in [0.15, 0.2) is 54.6 Å². The first-order valence-corrected chi connectivity index (χ1v) is 7.98. The van der Waals surface area contributed by atoms with Crippen molar-refractivity contribution in [2.45, 2.75) is 38.0 Å². The van der Waals surface area contributed by atoms with Gasteiger partial charge in [-0.25, -0.2) is 0 Å². The molecule has 0 fully saturated rings. The SMILES string of the molecule is CC(O)N(c1ccccc1)C1(C(N)=O)CCCc2ccccc21. The van der Waals surface area contributed by atoms with Crippen molar-refractivity contribution in [3.8, 4) is 0 Å². The lowest BCUT2D eigenvalue weighted by Crippen LogP contribution is -2.59. The average molecular weight is 310 g/mol. The number of aliphatic hydroxyl groups is 1. The fourth-order valence-electron chi connectivity index (χ4n) is 3.78. The summed E-state index contributed by atoms with van der Waals surface area (Å²) < 4.78 is 0. The number of amides is 1. The quantitative estimate of drug-likeness (QED) is 0.853. The van der Waals surface area contributed by atoms with E-state index < -0.39 is 17.7 Å². The average Bonchev–Trinajstić information content (AvgIpc) is 2.55. The number of hydrogen-bond acceptors (Lipinski definition) is 3. The molecule has 120 valence electrons. The predicted molar refractivity (Wildman–Crippen MR) is 90.9 cm³/mol. The molecule has 1 amide bonds. The molecule has 0 saturated heterocycles. The predicted octanol–water partition coefficient (Wildman–Crippen LogP) is 2.55. The third kappa shape index (κ3) is 2.49. The highest BCUT2D eigenvalue weighted by Gasteiger charge is 2.48. The van der Waals surface area contributed by atoms with Gasteiger partial charge in [0.25, 0.3) is 0 Å². The molecule has 2 atom stereocenters. The van der Waals surface area contributed by atoms with E-state index in [9.17, 15) is 9.90 Å². The molecule has 2 aromatic carbocycles. The second-order valence-corrected chi connectivity index (χ2v) is 6.07. The Morgan fingerprint density at radius 1 is 1.17 bits per heavy atom. The van der Waals surface area contributed by atoms with Crippen LogP contribution in [0.5, 0.6) is 0 Å². The minimum absolute atomic E-state index is 0.422. The molecular weight excluding hydrogens is 288 g/mol. The molecule has 1 aliphatic carbocycles. The van der Waals surface area contributed by atoms with Crippen LogP contribution < -0.4 is 10.6 Å². The fourth-order valence-corrected chi connectivity index (χ4v) is 3.78. The van der Waals surface area contributed by atoms with Crippen LogP contribution in [0.25, 0.3) is 0 Å². The second-order valence-electron chi connectivity index (χ2n) is 6.07. The first-order valence-electron chi connectivity index (χ1n) is 7.98. The summed E-state index contributed by atoms with van der Waals surface area (Å²) >= 11 is 0. The zero-order valence-corrected chi connectivity index (χ0v) is 13.3. The van der Waals surface area contributed by atoms with Crippen molar-refractivity contribution in [1.29, 1.82) is 0 Å². The third-order valence-electron chi connectivity index (χ3n) is 4.67. The molecule has 4 nitrogen and oxygen atoms in total. The van der Waals surface area contributed by atoms with Crippen LogP contribution in [0.3, 0.4) is 0 Å². The first-order chi connectivity index (χ1) is 11.1. The summed E-state index contributed by atoms with van der Waals surface area (Å²) in [6.07, 6.45) is 1.54. The third-order valence-corrected chi connectivity index (χ3v) is 4.67. The number of hydrogen-bond donors (Lipinski definition) is 2. The number of primary amides is 1. The number of nitrogens with two attached hydrogens (primary N) is 1. The molecule has 23 heavy (non-hydrogen) atoms. The molecule has 0 radical (unpaired) electrons. The van der Waals surface area contributed by atoms with Gasteiger partial charge in [0.05, 0.1) is 0 Å². The molecule has 0 aliphatic heterocycles. The van der Waals surface area contributed by atoms with Crippen LogP contribution in [0.1, 0.15) is 30.9 Å². The summed E-state index contributed by atoms with van der Waals surface area (Å²) in [7, 11) is 0. The molecule has 1 aliphatic rings. The zero-order chi connectivity index (χ0) is 16.4.